The van der Waals surface area contributed by atoms with Gasteiger partial charge in [0.15, 0.2) is 0 Å². The van der Waals surface area contributed by atoms with Crippen LogP contribution in [0.1, 0.15) is 58.4 Å². The molecule has 2 rings (SSSR count). The molecule has 1 fully saturated rings. The minimum absolute atomic E-state index is 0.934. The smallest absolute Gasteiger partial charge is 0.0248 e. The van der Waals surface area contributed by atoms with Gasteiger partial charge in [0, 0.05) is 0 Å². The van der Waals surface area contributed by atoms with Crippen molar-refractivity contribution in [3.05, 3.63) is 35.9 Å². The molecule has 1 aliphatic carbocycles. The Morgan fingerprint density at radius 3 is 2.18 bits per heavy atom. The van der Waals surface area contributed by atoms with Gasteiger partial charge in [-0.25, -0.2) is 0 Å². The van der Waals surface area contributed by atoms with E-state index in [1.807, 2.05) is 0 Å². The van der Waals surface area contributed by atoms with Crippen LogP contribution in [0.4, 0.5) is 0 Å². The van der Waals surface area contributed by atoms with E-state index in [-0.39, 0.29) is 0 Å². The number of hydrogen-bond acceptors (Lipinski definition) is 0. The number of rotatable bonds is 2. The van der Waals surface area contributed by atoms with E-state index >= 15 is 0 Å². The molecular formula is C17H28. The Labute approximate surface area is 107 Å². The van der Waals surface area contributed by atoms with E-state index in [0.717, 1.165) is 11.8 Å². The Balaban J connectivity index is 0.000000437. The van der Waals surface area contributed by atoms with Crippen LogP contribution in [-0.4, -0.2) is 0 Å². The molecular weight excluding hydrogens is 204 g/mol. The van der Waals surface area contributed by atoms with Crippen LogP contribution < -0.4 is 0 Å². The molecule has 0 bridgehead atoms. The maximum atomic E-state index is 2.42. The molecule has 0 aromatic heterocycles. The van der Waals surface area contributed by atoms with E-state index in [4.69, 9.17) is 0 Å². The topological polar surface area (TPSA) is 0 Å². The summed E-state index contributed by atoms with van der Waals surface area (Å²) in [6, 6.07) is 10.9. The fourth-order valence-corrected chi connectivity index (χ4v) is 2.61. The lowest BCUT2D eigenvalue weighted by Crippen LogP contribution is -2.18. The first-order valence-electron chi connectivity index (χ1n) is 7.31. The predicted octanol–water partition coefficient (Wildman–Crippen LogP) is 5.47. The van der Waals surface area contributed by atoms with Crippen molar-refractivity contribution in [1.29, 1.82) is 0 Å². The second-order valence-electron chi connectivity index (χ2n) is 5.42. The SMILES string of the molecule is CCC.C[C@@H]1CCCC[C@H]1Cc1ccccc1. The normalized spacial score (nSPS) is 23.7. The molecule has 1 saturated carbocycles. The first-order valence-corrected chi connectivity index (χ1v) is 7.31. The molecule has 0 amide bonds. The number of hydrogen-bond donors (Lipinski definition) is 0. The van der Waals surface area contributed by atoms with Gasteiger partial charge in [0.2, 0.25) is 0 Å². The quantitative estimate of drug-likeness (QED) is 0.634. The molecule has 0 nitrogen and oxygen atoms in total. The van der Waals surface area contributed by atoms with Gasteiger partial charge < -0.3 is 0 Å². The van der Waals surface area contributed by atoms with Crippen molar-refractivity contribution >= 4 is 0 Å². The average Bonchev–Trinajstić information content (AvgIpc) is 2.35. The molecule has 0 heteroatoms. The third kappa shape index (κ3) is 5.39. The highest BCUT2D eigenvalue weighted by molar-refractivity contribution is 5.15. The first-order chi connectivity index (χ1) is 8.27. The van der Waals surface area contributed by atoms with Gasteiger partial charge in [0.25, 0.3) is 0 Å². The Bertz CT molecular complexity index is 275. The van der Waals surface area contributed by atoms with Crippen LogP contribution in [-0.2, 0) is 6.42 Å². The largest absolute Gasteiger partial charge is 0.0656 e. The minimum Gasteiger partial charge on any atom is -0.0656 e. The van der Waals surface area contributed by atoms with Crippen LogP contribution in [0.3, 0.4) is 0 Å². The van der Waals surface area contributed by atoms with E-state index in [0.29, 0.717) is 0 Å². The summed E-state index contributed by atoms with van der Waals surface area (Å²) in [5.41, 5.74) is 1.52. The zero-order valence-corrected chi connectivity index (χ0v) is 11.8. The highest BCUT2D eigenvalue weighted by Gasteiger charge is 2.20. The van der Waals surface area contributed by atoms with Crippen molar-refractivity contribution in [2.45, 2.75) is 59.3 Å². The standard InChI is InChI=1S/C14H20.C3H8/c1-12-7-5-6-10-14(12)11-13-8-3-2-4-9-13;1-3-2/h2-4,8-9,12,14H,5-7,10-11H2,1H3;3H2,1-2H3/t12-,14+;/m1./s1. The van der Waals surface area contributed by atoms with Gasteiger partial charge in [-0.3, -0.25) is 0 Å². The second-order valence-corrected chi connectivity index (χ2v) is 5.42. The molecule has 17 heavy (non-hydrogen) atoms. The molecule has 0 radical (unpaired) electrons. The molecule has 0 spiro atoms. The van der Waals surface area contributed by atoms with Crippen molar-refractivity contribution < 1.29 is 0 Å². The molecule has 2 atom stereocenters. The van der Waals surface area contributed by atoms with Crippen LogP contribution in [0.2, 0.25) is 0 Å². The molecule has 1 aliphatic rings. The second kappa shape index (κ2) is 8.33. The molecule has 0 unspecified atom stereocenters. The lowest BCUT2D eigenvalue weighted by Gasteiger charge is -2.28. The van der Waals surface area contributed by atoms with Crippen LogP contribution in [0.25, 0.3) is 0 Å². The van der Waals surface area contributed by atoms with Gasteiger partial charge in [-0.15, -0.1) is 0 Å². The van der Waals surface area contributed by atoms with E-state index in [9.17, 15) is 0 Å². The zero-order chi connectivity index (χ0) is 12.5. The van der Waals surface area contributed by atoms with Gasteiger partial charge in [0.1, 0.15) is 0 Å². The van der Waals surface area contributed by atoms with Crippen LogP contribution in [0.15, 0.2) is 30.3 Å². The van der Waals surface area contributed by atoms with Gasteiger partial charge in [0.05, 0.1) is 0 Å². The van der Waals surface area contributed by atoms with Crippen molar-refractivity contribution in [1.82, 2.24) is 0 Å². The van der Waals surface area contributed by atoms with Crippen molar-refractivity contribution in [3.8, 4) is 0 Å². The van der Waals surface area contributed by atoms with E-state index in [1.54, 1.807) is 0 Å². The summed E-state index contributed by atoms with van der Waals surface area (Å²) in [7, 11) is 0. The molecule has 1 aromatic rings. The Morgan fingerprint density at radius 2 is 1.59 bits per heavy atom. The van der Waals surface area contributed by atoms with Crippen molar-refractivity contribution in [2.75, 3.05) is 0 Å². The van der Waals surface area contributed by atoms with Gasteiger partial charge in [-0.1, -0.05) is 76.8 Å². The summed E-state index contributed by atoms with van der Waals surface area (Å²) in [5, 5.41) is 0. The Morgan fingerprint density at radius 1 is 1.00 bits per heavy atom. The average molecular weight is 232 g/mol. The fourth-order valence-electron chi connectivity index (χ4n) is 2.61. The molecule has 96 valence electrons. The maximum Gasteiger partial charge on any atom is -0.0248 e. The summed E-state index contributed by atoms with van der Waals surface area (Å²) in [6.07, 6.45) is 8.32. The molecule has 0 aliphatic heterocycles. The monoisotopic (exact) mass is 232 g/mol. The van der Waals surface area contributed by atoms with Crippen molar-refractivity contribution in [2.24, 2.45) is 11.8 Å². The molecule has 1 aromatic carbocycles. The van der Waals surface area contributed by atoms with E-state index in [2.05, 4.69) is 51.1 Å². The molecule has 0 heterocycles. The van der Waals surface area contributed by atoms with Crippen LogP contribution >= 0.6 is 0 Å². The molecule has 0 N–H and O–H groups in total. The summed E-state index contributed by atoms with van der Waals surface area (Å²) in [5.74, 6) is 1.87. The summed E-state index contributed by atoms with van der Waals surface area (Å²) in [6.45, 7) is 6.67. The third-order valence-corrected chi connectivity index (χ3v) is 3.63. The zero-order valence-electron chi connectivity index (χ0n) is 11.8. The predicted molar refractivity (Wildman–Crippen MR) is 77.2 cm³/mol. The lowest BCUT2D eigenvalue weighted by molar-refractivity contribution is 0.255. The Hall–Kier alpha value is -0.780. The van der Waals surface area contributed by atoms with Crippen molar-refractivity contribution in [3.63, 3.8) is 0 Å². The van der Waals surface area contributed by atoms with Gasteiger partial charge >= 0.3 is 0 Å². The minimum atomic E-state index is 0.934. The fraction of sp³-hybridized carbons (Fsp3) is 0.647. The lowest BCUT2D eigenvalue weighted by atomic mass is 9.77. The van der Waals surface area contributed by atoms with Gasteiger partial charge in [-0.2, -0.15) is 0 Å². The highest BCUT2D eigenvalue weighted by atomic mass is 14.3. The summed E-state index contributed by atoms with van der Waals surface area (Å²) in [4.78, 5) is 0. The summed E-state index contributed by atoms with van der Waals surface area (Å²) < 4.78 is 0. The Kier molecular flexibility index (Phi) is 7.00. The maximum absolute atomic E-state index is 2.42. The van der Waals surface area contributed by atoms with Crippen LogP contribution in [0, 0.1) is 11.8 Å². The summed E-state index contributed by atoms with van der Waals surface area (Å²) >= 11 is 0. The number of benzene rings is 1. The van der Waals surface area contributed by atoms with Gasteiger partial charge in [-0.05, 0) is 30.2 Å². The van der Waals surface area contributed by atoms with E-state index in [1.165, 1.54) is 44.1 Å². The van der Waals surface area contributed by atoms with Crippen LogP contribution in [0.5, 0.6) is 0 Å². The highest BCUT2D eigenvalue weighted by Crippen LogP contribution is 2.31. The molecule has 0 saturated heterocycles. The first kappa shape index (κ1) is 14.3. The third-order valence-electron chi connectivity index (χ3n) is 3.63. The van der Waals surface area contributed by atoms with E-state index < -0.39 is 0 Å².